The van der Waals surface area contributed by atoms with Gasteiger partial charge in [0.05, 0.1) is 41.4 Å². The summed E-state index contributed by atoms with van der Waals surface area (Å²) < 4.78 is 9.78. The molecule has 0 spiro atoms. The van der Waals surface area contributed by atoms with E-state index in [0.717, 1.165) is 10.6 Å². The van der Waals surface area contributed by atoms with Gasteiger partial charge in [-0.15, -0.1) is 0 Å². The molecular weight excluding hydrogens is 374 g/mol. The van der Waals surface area contributed by atoms with Crippen molar-refractivity contribution in [2.45, 2.75) is 27.7 Å². The zero-order valence-electron chi connectivity index (χ0n) is 17.9. The fourth-order valence-corrected chi connectivity index (χ4v) is 0.375. The number of carboxylic acids is 1. The molecule has 27 heavy (non-hydrogen) atoms. The fourth-order valence-electron chi connectivity index (χ4n) is 0.375. The second-order valence-corrected chi connectivity index (χ2v) is 5.92. The molecule has 0 amide bonds. The second-order valence-electron chi connectivity index (χ2n) is 5.92. The molecule has 0 aliphatic heterocycles. The average molecular weight is 410 g/mol. The van der Waals surface area contributed by atoms with Crippen LogP contribution in [-0.4, -0.2) is 68.9 Å². The quantitative estimate of drug-likeness (QED) is 0.385. The number of carbonyl (C=O) groups excluding carboxylic acids is 2. The molecule has 160 valence electrons. The molecule has 8 heteroatoms. The second kappa shape index (κ2) is 21.9. The van der Waals surface area contributed by atoms with E-state index in [1.165, 1.54) is 20.6 Å². The van der Waals surface area contributed by atoms with Crippen LogP contribution in [0.15, 0.2) is 37.0 Å². The van der Waals surface area contributed by atoms with Crippen molar-refractivity contribution in [3.8, 4) is 0 Å². The van der Waals surface area contributed by atoms with Gasteiger partial charge in [-0.2, -0.15) is 0 Å². The van der Waals surface area contributed by atoms with Crippen molar-refractivity contribution in [1.29, 1.82) is 0 Å². The largest absolute Gasteiger partial charge is 1.00 e. The maximum Gasteiger partial charge on any atom is 0.332 e. The zero-order chi connectivity index (χ0) is 21.9. The number of aliphatic carboxylic acids is 1. The van der Waals surface area contributed by atoms with Gasteiger partial charge in [0.25, 0.3) is 0 Å². The van der Waals surface area contributed by atoms with Gasteiger partial charge in [-0.1, -0.05) is 19.7 Å². The van der Waals surface area contributed by atoms with Gasteiger partial charge in [0.1, 0.15) is 0 Å². The van der Waals surface area contributed by atoms with E-state index in [1.54, 1.807) is 13.8 Å². The van der Waals surface area contributed by atoms with E-state index < -0.39 is 5.97 Å². The summed E-state index contributed by atoms with van der Waals surface area (Å²) in [4.78, 5) is 29.9. The van der Waals surface area contributed by atoms with Gasteiger partial charge in [0.15, 0.2) is 0 Å². The highest BCUT2D eigenvalue weighted by Crippen LogP contribution is 1.87. The van der Waals surface area contributed by atoms with Crippen LogP contribution in [0.3, 0.4) is 0 Å². The third-order valence-corrected chi connectivity index (χ3v) is 2.30. The first-order valence-electron chi connectivity index (χ1n) is 7.92. The third-order valence-electron chi connectivity index (χ3n) is 2.30. The van der Waals surface area contributed by atoms with Crippen molar-refractivity contribution < 1.29 is 45.9 Å². The summed E-state index contributed by atoms with van der Waals surface area (Å²) >= 11 is 0. The lowest BCUT2D eigenvalue weighted by Gasteiger charge is -2.20. The number of methoxy groups -OCH3 is 1. The molecule has 0 aromatic rings. The Kier molecular flexibility index (Phi) is 29.1. The van der Waals surface area contributed by atoms with Crippen LogP contribution in [0.1, 0.15) is 27.7 Å². The summed E-state index contributed by atoms with van der Waals surface area (Å²) in [6, 6.07) is 0. The van der Waals surface area contributed by atoms with Gasteiger partial charge < -0.3 is 31.5 Å². The Morgan fingerprint density at radius 2 is 1.37 bits per heavy atom. The molecular formula is C19H36ClNO6. The van der Waals surface area contributed by atoms with E-state index in [9.17, 15) is 14.4 Å². The SMILES string of the molecule is C=C(C)C(=O)O.C=C(C)C(=O)OC.C=CC(=O)OCC.CC[N+](C)(C)C.[Cl-]. The molecule has 0 bridgehead atoms. The van der Waals surface area contributed by atoms with E-state index in [1.807, 2.05) is 0 Å². The van der Waals surface area contributed by atoms with E-state index in [2.05, 4.69) is 57.3 Å². The first-order valence-corrected chi connectivity index (χ1v) is 7.92. The van der Waals surface area contributed by atoms with Gasteiger partial charge in [0.2, 0.25) is 0 Å². The molecule has 0 fully saturated rings. The van der Waals surface area contributed by atoms with Gasteiger partial charge in [0, 0.05) is 17.2 Å². The van der Waals surface area contributed by atoms with Crippen molar-refractivity contribution in [2.24, 2.45) is 0 Å². The summed E-state index contributed by atoms with van der Waals surface area (Å²) in [5, 5.41) is 7.89. The molecule has 0 heterocycles. The summed E-state index contributed by atoms with van der Waals surface area (Å²) in [5.41, 5.74) is 0.609. The number of carboxylic acid groups (broad SMARTS) is 1. The van der Waals surface area contributed by atoms with Gasteiger partial charge >= 0.3 is 17.9 Å². The number of hydrogen-bond acceptors (Lipinski definition) is 5. The number of rotatable bonds is 5. The maximum absolute atomic E-state index is 10.2. The van der Waals surface area contributed by atoms with Gasteiger partial charge in [-0.05, 0) is 27.7 Å². The minimum Gasteiger partial charge on any atom is -1.00 e. The van der Waals surface area contributed by atoms with Gasteiger partial charge in [-0.3, -0.25) is 0 Å². The lowest BCUT2D eigenvalue weighted by Crippen LogP contribution is -3.00. The van der Waals surface area contributed by atoms with Crippen LogP contribution in [0.25, 0.3) is 0 Å². The van der Waals surface area contributed by atoms with Crippen LogP contribution in [0.4, 0.5) is 0 Å². The van der Waals surface area contributed by atoms with E-state index >= 15 is 0 Å². The molecule has 0 aromatic carbocycles. The summed E-state index contributed by atoms with van der Waals surface area (Å²) in [7, 11) is 7.87. The van der Waals surface area contributed by atoms with Crippen molar-refractivity contribution >= 4 is 17.9 Å². The highest BCUT2D eigenvalue weighted by atomic mass is 35.5. The van der Waals surface area contributed by atoms with E-state index in [0.29, 0.717) is 12.2 Å². The fraction of sp³-hybridized carbons (Fsp3) is 0.526. The maximum atomic E-state index is 10.2. The number of carbonyl (C=O) groups is 3. The van der Waals surface area contributed by atoms with Crippen LogP contribution in [0.2, 0.25) is 0 Å². The van der Waals surface area contributed by atoms with Crippen molar-refractivity contribution in [1.82, 2.24) is 0 Å². The molecule has 0 radical (unpaired) electrons. The molecule has 0 rings (SSSR count). The van der Waals surface area contributed by atoms with E-state index in [4.69, 9.17) is 5.11 Å². The standard InChI is InChI=1S/C5H14N.2C5H8O2.C4H6O2.ClH/c1-5-6(2,3)4;1-4(2)5(6)7-3;1-3-5(6)7-4-2;1-3(2)4(5)6;/h5H2,1-4H3;1H2,2-3H3;3H,1,4H2,2H3;1H2,2H3,(H,5,6);1H/q+1;;;;/p-1. The topological polar surface area (TPSA) is 89.9 Å². The first-order chi connectivity index (χ1) is 11.7. The predicted octanol–water partition coefficient (Wildman–Crippen LogP) is -0.165. The number of esters is 2. The normalized spacial score (nSPS) is 8.30. The number of nitrogens with zero attached hydrogens (tertiary/aromatic N) is 1. The Bertz CT molecular complexity index is 453. The number of halogens is 1. The van der Waals surface area contributed by atoms with Crippen molar-refractivity contribution in [2.75, 3.05) is 41.4 Å². The first kappa shape index (κ1) is 35.9. The molecule has 0 saturated heterocycles. The van der Waals surface area contributed by atoms with Crippen LogP contribution >= 0.6 is 0 Å². The molecule has 0 aromatic heterocycles. The van der Waals surface area contributed by atoms with Gasteiger partial charge in [-0.25, -0.2) is 14.4 Å². The minimum atomic E-state index is -0.935. The van der Waals surface area contributed by atoms with Crippen LogP contribution in [0.5, 0.6) is 0 Å². The molecule has 0 aliphatic rings. The van der Waals surface area contributed by atoms with Crippen molar-refractivity contribution in [3.63, 3.8) is 0 Å². The lowest BCUT2D eigenvalue weighted by molar-refractivity contribution is -0.868. The Morgan fingerprint density at radius 3 is 1.41 bits per heavy atom. The monoisotopic (exact) mass is 409 g/mol. The third kappa shape index (κ3) is 45.3. The minimum absolute atomic E-state index is 0. The molecule has 0 aliphatic carbocycles. The Balaban J connectivity index is -0.0000000789. The predicted molar refractivity (Wildman–Crippen MR) is 105 cm³/mol. The number of ether oxygens (including phenoxy) is 2. The highest BCUT2D eigenvalue weighted by Gasteiger charge is 1.97. The Morgan fingerprint density at radius 1 is 1.04 bits per heavy atom. The number of hydrogen-bond donors (Lipinski definition) is 1. The highest BCUT2D eigenvalue weighted by molar-refractivity contribution is 5.86. The Labute approximate surface area is 170 Å². The van der Waals surface area contributed by atoms with Crippen molar-refractivity contribution in [3.05, 3.63) is 37.0 Å². The van der Waals surface area contributed by atoms with Crippen LogP contribution in [-0.2, 0) is 23.9 Å². The summed E-state index contributed by atoms with van der Waals surface area (Å²) in [6.45, 7) is 18.3. The van der Waals surface area contributed by atoms with Crippen LogP contribution < -0.4 is 12.4 Å². The lowest BCUT2D eigenvalue weighted by atomic mass is 10.4. The molecule has 1 N–H and O–H groups in total. The van der Waals surface area contributed by atoms with Crippen LogP contribution in [0, 0.1) is 0 Å². The summed E-state index contributed by atoms with van der Waals surface area (Å²) in [6.07, 6.45) is 1.14. The smallest absolute Gasteiger partial charge is 0.332 e. The van der Waals surface area contributed by atoms with E-state index in [-0.39, 0.29) is 29.9 Å². The molecule has 0 unspecified atom stereocenters. The molecule has 7 nitrogen and oxygen atoms in total. The Hall–Kier alpha value is -2.12. The average Bonchev–Trinajstić information content (AvgIpc) is 2.55. The molecule has 0 atom stereocenters. The number of quaternary nitrogens is 1. The molecule has 0 saturated carbocycles. The summed E-state index contributed by atoms with van der Waals surface area (Å²) in [5.74, 6) is -1.64. The zero-order valence-corrected chi connectivity index (χ0v) is 18.7.